The highest BCUT2D eigenvalue weighted by Gasteiger charge is 2.22. The van der Waals surface area contributed by atoms with E-state index in [1.807, 2.05) is 0 Å². The van der Waals surface area contributed by atoms with E-state index >= 15 is 0 Å². The van der Waals surface area contributed by atoms with Crippen LogP contribution in [0.4, 0.5) is 17.6 Å². The lowest BCUT2D eigenvalue weighted by Crippen LogP contribution is -2.32. The van der Waals surface area contributed by atoms with E-state index in [2.05, 4.69) is 11.8 Å². The van der Waals surface area contributed by atoms with E-state index in [0.717, 1.165) is 18.6 Å². The molecule has 1 saturated heterocycles. The Morgan fingerprint density at radius 2 is 1.50 bits per heavy atom. The Morgan fingerprint density at radius 1 is 0.824 bits per heavy atom. The van der Waals surface area contributed by atoms with Crippen molar-refractivity contribution in [1.29, 1.82) is 0 Å². The number of halogens is 4. The first-order valence-corrected chi connectivity index (χ1v) is 11.0. The second kappa shape index (κ2) is 11.0. The maximum Gasteiger partial charge on any atom is 0.159 e. The summed E-state index contributed by atoms with van der Waals surface area (Å²) >= 11 is 0. The molecule has 1 aliphatic heterocycles. The summed E-state index contributed by atoms with van der Waals surface area (Å²) in [5.74, 6) is 2.06. The molecule has 0 aliphatic carbocycles. The molecule has 0 amide bonds. The van der Waals surface area contributed by atoms with Crippen LogP contribution in [0.25, 0.3) is 10.8 Å². The average molecular weight is 472 g/mol. The number of hydrogen-bond donors (Lipinski definition) is 0. The molecule has 3 nitrogen and oxygen atoms in total. The standard InChI is InChI=1S/C27H24F4O3/c1-32-9-8-19-15-33-27(34-16-19)7-4-18-11-23(28)22(24(29)12-18)6-3-17-2-5-20-13-25(30)26(31)14-21(20)10-17/h2,5,10-14,19,27H,4,7-9,15-16H2,1H3. The van der Waals surface area contributed by atoms with Gasteiger partial charge in [-0.3, -0.25) is 0 Å². The molecule has 0 atom stereocenters. The third kappa shape index (κ3) is 5.95. The van der Waals surface area contributed by atoms with Crippen molar-refractivity contribution in [2.75, 3.05) is 26.9 Å². The Bertz CT molecular complexity index is 1200. The minimum Gasteiger partial charge on any atom is -0.385 e. The SMILES string of the molecule is COCCC1COC(CCc2cc(F)c(C#Cc3ccc4cc(F)c(F)cc4c3)c(F)c2)OC1. The van der Waals surface area contributed by atoms with Crippen molar-refractivity contribution in [2.45, 2.75) is 25.6 Å². The van der Waals surface area contributed by atoms with E-state index in [1.165, 1.54) is 12.1 Å². The van der Waals surface area contributed by atoms with Crippen LogP contribution in [-0.2, 0) is 20.6 Å². The van der Waals surface area contributed by atoms with Crippen molar-refractivity contribution in [3.63, 3.8) is 0 Å². The molecule has 0 unspecified atom stereocenters. The van der Waals surface area contributed by atoms with E-state index < -0.39 is 29.6 Å². The molecule has 0 bridgehead atoms. The molecule has 34 heavy (non-hydrogen) atoms. The fourth-order valence-corrected chi connectivity index (χ4v) is 3.83. The van der Waals surface area contributed by atoms with Crippen molar-refractivity contribution >= 4 is 10.8 Å². The van der Waals surface area contributed by atoms with Gasteiger partial charge in [0.15, 0.2) is 17.9 Å². The molecule has 0 saturated carbocycles. The summed E-state index contributed by atoms with van der Waals surface area (Å²) in [7, 11) is 1.65. The molecule has 0 N–H and O–H groups in total. The fourth-order valence-electron chi connectivity index (χ4n) is 3.83. The van der Waals surface area contributed by atoms with Gasteiger partial charge in [0.25, 0.3) is 0 Å². The number of hydrogen-bond acceptors (Lipinski definition) is 3. The summed E-state index contributed by atoms with van der Waals surface area (Å²) in [6.07, 6.45) is 1.32. The first kappa shape index (κ1) is 24.2. The van der Waals surface area contributed by atoms with Gasteiger partial charge in [0, 0.05) is 31.6 Å². The highest BCUT2D eigenvalue weighted by molar-refractivity contribution is 5.84. The smallest absolute Gasteiger partial charge is 0.159 e. The van der Waals surface area contributed by atoms with Crippen LogP contribution in [0, 0.1) is 41.0 Å². The van der Waals surface area contributed by atoms with Gasteiger partial charge in [-0.05, 0) is 65.6 Å². The summed E-state index contributed by atoms with van der Waals surface area (Å²) in [6.45, 7) is 1.79. The Hall–Kier alpha value is -2.92. The van der Waals surface area contributed by atoms with Crippen LogP contribution >= 0.6 is 0 Å². The number of fused-ring (bicyclic) bond motifs is 1. The topological polar surface area (TPSA) is 27.7 Å². The predicted molar refractivity (Wildman–Crippen MR) is 120 cm³/mol. The molecule has 3 aromatic carbocycles. The van der Waals surface area contributed by atoms with Gasteiger partial charge in [-0.1, -0.05) is 17.9 Å². The third-order valence-electron chi connectivity index (χ3n) is 5.75. The van der Waals surface area contributed by atoms with Gasteiger partial charge in [-0.2, -0.15) is 0 Å². The van der Waals surface area contributed by atoms with Crippen LogP contribution in [0.5, 0.6) is 0 Å². The lowest BCUT2D eigenvalue weighted by Gasteiger charge is -2.29. The summed E-state index contributed by atoms with van der Waals surface area (Å²) in [5, 5.41) is 0.946. The molecule has 0 aromatic heterocycles. The third-order valence-corrected chi connectivity index (χ3v) is 5.75. The van der Waals surface area contributed by atoms with Crippen LogP contribution in [0.2, 0.25) is 0 Å². The van der Waals surface area contributed by atoms with Gasteiger partial charge >= 0.3 is 0 Å². The molecule has 4 rings (SSSR count). The van der Waals surface area contributed by atoms with Crippen molar-refractivity contribution in [3.05, 3.63) is 82.4 Å². The zero-order valence-electron chi connectivity index (χ0n) is 18.7. The van der Waals surface area contributed by atoms with Crippen molar-refractivity contribution in [3.8, 4) is 11.8 Å². The van der Waals surface area contributed by atoms with Gasteiger partial charge in [-0.15, -0.1) is 0 Å². The molecule has 1 fully saturated rings. The van der Waals surface area contributed by atoms with Crippen molar-refractivity contribution < 1.29 is 31.8 Å². The van der Waals surface area contributed by atoms with E-state index in [1.54, 1.807) is 25.3 Å². The molecule has 178 valence electrons. The average Bonchev–Trinajstić information content (AvgIpc) is 2.82. The highest BCUT2D eigenvalue weighted by atomic mass is 19.2. The molecule has 1 aliphatic rings. The molecule has 3 aromatic rings. The number of rotatable bonds is 6. The molecule has 0 spiro atoms. The van der Waals surface area contributed by atoms with Gasteiger partial charge in [0.1, 0.15) is 11.6 Å². The quantitative estimate of drug-likeness (QED) is 0.338. The molecular formula is C27H24F4O3. The number of benzene rings is 3. The van der Waals surface area contributed by atoms with Crippen LogP contribution in [0.3, 0.4) is 0 Å². The predicted octanol–water partition coefficient (Wildman–Crippen LogP) is 5.75. The summed E-state index contributed by atoms with van der Waals surface area (Å²) in [5.41, 5.74) is 0.564. The second-order valence-electron chi connectivity index (χ2n) is 8.30. The minimum atomic E-state index is -0.972. The Labute approximate surface area is 195 Å². The van der Waals surface area contributed by atoms with Gasteiger partial charge in [0.2, 0.25) is 0 Å². The van der Waals surface area contributed by atoms with E-state index in [-0.39, 0.29) is 11.5 Å². The van der Waals surface area contributed by atoms with Gasteiger partial charge < -0.3 is 14.2 Å². The minimum absolute atomic E-state index is 0.284. The Kier molecular flexibility index (Phi) is 7.84. The maximum atomic E-state index is 14.6. The lowest BCUT2D eigenvalue weighted by atomic mass is 10.0. The zero-order chi connectivity index (χ0) is 24.1. The van der Waals surface area contributed by atoms with Crippen LogP contribution < -0.4 is 0 Å². The summed E-state index contributed by atoms with van der Waals surface area (Å²) in [6, 6.07) is 9.37. The lowest BCUT2D eigenvalue weighted by molar-refractivity contribution is -0.204. The summed E-state index contributed by atoms with van der Waals surface area (Å²) < 4.78 is 72.5. The normalized spacial score (nSPS) is 18.0. The van der Waals surface area contributed by atoms with Crippen LogP contribution in [0.1, 0.15) is 29.5 Å². The largest absolute Gasteiger partial charge is 0.385 e. The number of aryl methyl sites for hydroxylation is 1. The Balaban J connectivity index is 1.40. The van der Waals surface area contributed by atoms with Crippen LogP contribution in [0.15, 0.2) is 42.5 Å². The van der Waals surface area contributed by atoms with E-state index in [0.29, 0.717) is 54.6 Å². The molecule has 0 radical (unpaired) electrons. The molecular weight excluding hydrogens is 448 g/mol. The maximum absolute atomic E-state index is 14.6. The van der Waals surface area contributed by atoms with Gasteiger partial charge in [-0.25, -0.2) is 17.6 Å². The van der Waals surface area contributed by atoms with E-state index in [4.69, 9.17) is 14.2 Å². The van der Waals surface area contributed by atoms with E-state index in [9.17, 15) is 17.6 Å². The monoisotopic (exact) mass is 472 g/mol. The molecule has 1 heterocycles. The number of methoxy groups -OCH3 is 1. The highest BCUT2D eigenvalue weighted by Crippen LogP contribution is 2.22. The Morgan fingerprint density at radius 3 is 2.18 bits per heavy atom. The first-order chi connectivity index (χ1) is 16.4. The number of ether oxygens (including phenoxy) is 3. The first-order valence-electron chi connectivity index (χ1n) is 11.0. The summed E-state index contributed by atoms with van der Waals surface area (Å²) in [4.78, 5) is 0. The van der Waals surface area contributed by atoms with Crippen LogP contribution in [-0.4, -0.2) is 33.2 Å². The van der Waals surface area contributed by atoms with Gasteiger partial charge in [0.05, 0.1) is 18.8 Å². The molecule has 7 heteroatoms. The van der Waals surface area contributed by atoms with Crippen molar-refractivity contribution in [2.24, 2.45) is 5.92 Å². The second-order valence-corrected chi connectivity index (χ2v) is 8.30. The van der Waals surface area contributed by atoms with Crippen molar-refractivity contribution in [1.82, 2.24) is 0 Å². The fraction of sp³-hybridized carbons (Fsp3) is 0.333. The zero-order valence-corrected chi connectivity index (χ0v) is 18.7.